The van der Waals surface area contributed by atoms with Crippen molar-refractivity contribution in [3.8, 4) is 0 Å². The molecule has 2 amide bonds. The number of primary sulfonamides is 1. The Morgan fingerprint density at radius 3 is 2.14 bits per heavy atom. The third-order valence-corrected chi connectivity index (χ3v) is 6.63. The molecule has 10 heteroatoms. The zero-order valence-electron chi connectivity index (χ0n) is 11.5. The summed E-state index contributed by atoms with van der Waals surface area (Å²) in [7, 11) is -3.80. The van der Waals surface area contributed by atoms with E-state index in [1.165, 1.54) is 17.0 Å². The highest BCUT2D eigenvalue weighted by Crippen LogP contribution is 2.33. The van der Waals surface area contributed by atoms with Gasteiger partial charge in [0.1, 0.15) is 4.21 Å². The number of sulfonamides is 1. The first kappa shape index (κ1) is 15.3. The number of thiophene rings is 1. The molecule has 2 aliphatic heterocycles. The number of hydrogen-bond donors (Lipinski definition) is 2. The maximum atomic E-state index is 12.4. The van der Waals surface area contributed by atoms with Gasteiger partial charge in [-0.1, -0.05) is 0 Å². The van der Waals surface area contributed by atoms with Crippen molar-refractivity contribution in [3.63, 3.8) is 0 Å². The molecular weight excluding hydrogens is 330 g/mol. The van der Waals surface area contributed by atoms with Gasteiger partial charge in [0.15, 0.2) is 0 Å². The average Bonchev–Trinajstić information content (AvgIpc) is 3.10. The van der Waals surface area contributed by atoms with E-state index in [9.17, 15) is 18.0 Å². The van der Waals surface area contributed by atoms with E-state index in [1.807, 2.05) is 0 Å². The summed E-state index contributed by atoms with van der Waals surface area (Å²) in [5, 5.41) is 14.0. The highest BCUT2D eigenvalue weighted by Gasteiger charge is 2.43. The van der Waals surface area contributed by atoms with Crippen molar-refractivity contribution in [1.82, 2.24) is 9.80 Å². The molecule has 2 saturated heterocycles. The molecule has 3 N–H and O–H groups in total. The SMILES string of the molecule is NS(=O)(=O)c1ccc(C(=O)N2C[C@H]3CN(C(=O)O)C[C@H]3C2)s1. The van der Waals surface area contributed by atoms with Crippen LogP contribution in [0.1, 0.15) is 9.67 Å². The Kier molecular flexibility index (Phi) is 3.62. The van der Waals surface area contributed by atoms with E-state index in [0.717, 1.165) is 11.3 Å². The van der Waals surface area contributed by atoms with E-state index < -0.39 is 16.1 Å². The molecule has 0 radical (unpaired) electrons. The van der Waals surface area contributed by atoms with Crippen molar-refractivity contribution in [2.24, 2.45) is 17.0 Å². The third kappa shape index (κ3) is 2.69. The van der Waals surface area contributed by atoms with Crippen LogP contribution in [0.2, 0.25) is 0 Å². The number of amides is 2. The lowest BCUT2D eigenvalue weighted by atomic mass is 10.0. The molecule has 2 atom stereocenters. The average molecular weight is 345 g/mol. The Morgan fingerprint density at radius 1 is 1.14 bits per heavy atom. The quantitative estimate of drug-likeness (QED) is 0.786. The van der Waals surface area contributed by atoms with Crippen molar-refractivity contribution in [2.45, 2.75) is 4.21 Å². The standard InChI is InChI=1S/C12H15N3O5S2/c13-22(19,20)10-2-1-9(21-10)11(16)14-3-7-5-15(12(17)18)6-8(7)4-14/h1-2,7-8H,3-6H2,(H,17,18)(H2,13,19,20)/t7-,8+. The minimum absolute atomic E-state index is 0.0349. The van der Waals surface area contributed by atoms with E-state index in [0.29, 0.717) is 31.1 Å². The summed E-state index contributed by atoms with van der Waals surface area (Å²) in [6.07, 6.45) is -0.927. The van der Waals surface area contributed by atoms with Gasteiger partial charge in [0.05, 0.1) is 4.88 Å². The molecule has 3 heterocycles. The molecule has 2 fully saturated rings. The van der Waals surface area contributed by atoms with Crippen LogP contribution in [0, 0.1) is 11.8 Å². The normalized spacial score (nSPS) is 24.6. The molecule has 22 heavy (non-hydrogen) atoms. The van der Waals surface area contributed by atoms with Crippen molar-refractivity contribution in [3.05, 3.63) is 17.0 Å². The molecule has 1 aromatic heterocycles. The first-order valence-corrected chi connectivity index (χ1v) is 9.02. The molecular formula is C12H15N3O5S2. The molecule has 1 aromatic rings. The summed E-state index contributed by atoms with van der Waals surface area (Å²) >= 11 is 0.860. The first-order valence-electron chi connectivity index (χ1n) is 6.65. The fourth-order valence-corrected chi connectivity index (χ4v) is 4.76. The number of carbonyl (C=O) groups excluding carboxylic acids is 1. The number of carboxylic acid groups (broad SMARTS) is 1. The van der Waals surface area contributed by atoms with Crippen LogP contribution in [0.15, 0.2) is 16.3 Å². The van der Waals surface area contributed by atoms with Gasteiger partial charge in [-0.3, -0.25) is 4.79 Å². The smallest absolute Gasteiger partial charge is 0.407 e. The highest BCUT2D eigenvalue weighted by atomic mass is 32.2. The minimum Gasteiger partial charge on any atom is -0.465 e. The lowest BCUT2D eigenvalue weighted by molar-refractivity contribution is 0.0779. The molecule has 3 rings (SSSR count). The van der Waals surface area contributed by atoms with Crippen LogP contribution >= 0.6 is 11.3 Å². The zero-order chi connectivity index (χ0) is 16.1. The van der Waals surface area contributed by atoms with Gasteiger partial charge in [-0.05, 0) is 12.1 Å². The van der Waals surface area contributed by atoms with Crippen molar-refractivity contribution in [1.29, 1.82) is 0 Å². The van der Waals surface area contributed by atoms with Crippen molar-refractivity contribution < 1.29 is 23.1 Å². The number of nitrogens with two attached hydrogens (primary N) is 1. The van der Waals surface area contributed by atoms with Gasteiger partial charge in [0, 0.05) is 38.0 Å². The minimum atomic E-state index is -3.80. The maximum absolute atomic E-state index is 12.4. The monoisotopic (exact) mass is 345 g/mol. The Hall–Kier alpha value is -1.65. The lowest BCUT2D eigenvalue weighted by Crippen LogP contribution is -2.34. The second-order valence-electron chi connectivity index (χ2n) is 5.58. The molecule has 2 aliphatic rings. The van der Waals surface area contributed by atoms with Crippen LogP contribution in [0.4, 0.5) is 4.79 Å². The summed E-state index contributed by atoms with van der Waals surface area (Å²) in [5.74, 6) is 0.0756. The maximum Gasteiger partial charge on any atom is 0.407 e. The Balaban J connectivity index is 1.69. The van der Waals surface area contributed by atoms with Gasteiger partial charge >= 0.3 is 6.09 Å². The number of hydrogen-bond acceptors (Lipinski definition) is 5. The summed E-state index contributed by atoms with van der Waals surface area (Å²) in [6, 6.07) is 2.79. The van der Waals surface area contributed by atoms with Gasteiger partial charge in [0.2, 0.25) is 10.0 Å². The van der Waals surface area contributed by atoms with Gasteiger partial charge in [0.25, 0.3) is 5.91 Å². The van der Waals surface area contributed by atoms with Crippen molar-refractivity contribution in [2.75, 3.05) is 26.2 Å². The summed E-state index contributed by atoms with van der Waals surface area (Å²) in [5.41, 5.74) is 0. The van der Waals surface area contributed by atoms with Gasteiger partial charge in [-0.15, -0.1) is 11.3 Å². The lowest BCUT2D eigenvalue weighted by Gasteiger charge is -2.19. The Morgan fingerprint density at radius 2 is 1.68 bits per heavy atom. The molecule has 0 unspecified atom stereocenters. The Labute approximate surface area is 131 Å². The van der Waals surface area contributed by atoms with Gasteiger partial charge in [-0.2, -0.15) is 0 Å². The zero-order valence-corrected chi connectivity index (χ0v) is 13.1. The first-order chi connectivity index (χ1) is 10.3. The summed E-state index contributed by atoms with van der Waals surface area (Å²) < 4.78 is 22.5. The van der Waals surface area contributed by atoms with Crippen LogP contribution < -0.4 is 5.14 Å². The molecule has 0 aliphatic carbocycles. The van der Waals surface area contributed by atoms with Crippen LogP contribution in [0.3, 0.4) is 0 Å². The second-order valence-corrected chi connectivity index (χ2v) is 8.45. The van der Waals surface area contributed by atoms with Gasteiger partial charge < -0.3 is 14.9 Å². The van der Waals surface area contributed by atoms with E-state index in [-0.39, 0.29) is 22.0 Å². The van der Waals surface area contributed by atoms with Crippen molar-refractivity contribution >= 4 is 33.4 Å². The molecule has 120 valence electrons. The molecule has 8 nitrogen and oxygen atoms in total. The molecule has 0 bridgehead atoms. The van der Waals surface area contributed by atoms with E-state index in [1.54, 1.807) is 4.90 Å². The molecule has 0 saturated carbocycles. The predicted molar refractivity (Wildman–Crippen MR) is 78.2 cm³/mol. The van der Waals surface area contributed by atoms with Crippen LogP contribution in [0.25, 0.3) is 0 Å². The number of nitrogens with zero attached hydrogens (tertiary/aromatic N) is 2. The number of carbonyl (C=O) groups is 2. The second kappa shape index (κ2) is 5.21. The summed E-state index contributed by atoms with van der Waals surface area (Å²) in [6.45, 7) is 1.87. The predicted octanol–water partition coefficient (Wildman–Crippen LogP) is 0.0773. The number of fused-ring (bicyclic) bond motifs is 1. The van der Waals surface area contributed by atoms with E-state index >= 15 is 0 Å². The van der Waals surface area contributed by atoms with Crippen LogP contribution in [-0.4, -0.2) is 61.5 Å². The topological polar surface area (TPSA) is 121 Å². The van der Waals surface area contributed by atoms with Crippen LogP contribution in [0.5, 0.6) is 0 Å². The largest absolute Gasteiger partial charge is 0.465 e. The number of likely N-dealkylation sites (tertiary alicyclic amines) is 2. The molecule has 0 spiro atoms. The number of rotatable bonds is 2. The highest BCUT2D eigenvalue weighted by molar-refractivity contribution is 7.91. The fraction of sp³-hybridized carbons (Fsp3) is 0.500. The third-order valence-electron chi connectivity index (χ3n) is 4.12. The van der Waals surface area contributed by atoms with Gasteiger partial charge in [-0.25, -0.2) is 18.4 Å². The Bertz CT molecular complexity index is 715. The fourth-order valence-electron chi connectivity index (χ4n) is 3.06. The van der Waals surface area contributed by atoms with Crippen LogP contribution in [-0.2, 0) is 10.0 Å². The summed E-state index contributed by atoms with van der Waals surface area (Å²) in [4.78, 5) is 26.7. The van der Waals surface area contributed by atoms with E-state index in [4.69, 9.17) is 10.2 Å². The molecule has 0 aromatic carbocycles. The van der Waals surface area contributed by atoms with E-state index in [2.05, 4.69) is 0 Å².